The predicted molar refractivity (Wildman–Crippen MR) is 54.8 cm³/mol. The third kappa shape index (κ3) is 1.90. The number of aromatic nitrogens is 3. The van der Waals surface area contributed by atoms with Crippen molar-refractivity contribution < 1.29 is 0 Å². The van der Waals surface area contributed by atoms with E-state index in [1.54, 1.807) is 18.6 Å². The third-order valence-electron chi connectivity index (χ3n) is 2.07. The molecule has 72 valence electrons. The van der Waals surface area contributed by atoms with Gasteiger partial charge in [0.15, 0.2) is 0 Å². The van der Waals surface area contributed by atoms with Crippen LogP contribution >= 0.6 is 0 Å². The molecule has 0 aromatic carbocycles. The summed E-state index contributed by atoms with van der Waals surface area (Å²) in [6.45, 7) is 0.766. The summed E-state index contributed by atoms with van der Waals surface area (Å²) in [4.78, 5) is 8.10. The molecule has 4 heteroatoms. The lowest BCUT2D eigenvalue weighted by Gasteiger charge is -2.05. The van der Waals surface area contributed by atoms with Crippen LogP contribution in [0.1, 0.15) is 5.69 Å². The number of rotatable bonds is 3. The first-order valence-corrected chi connectivity index (χ1v) is 4.46. The SMILES string of the molecule is Cn1cccc1CNc1cnccn1. The van der Waals surface area contributed by atoms with Crippen LogP contribution in [-0.2, 0) is 13.6 Å². The van der Waals surface area contributed by atoms with Crippen LogP contribution in [0.15, 0.2) is 36.9 Å². The second-order valence-electron chi connectivity index (χ2n) is 3.05. The predicted octanol–water partition coefficient (Wildman–Crippen LogP) is 1.43. The highest BCUT2D eigenvalue weighted by atomic mass is 15.0. The number of aryl methyl sites for hydroxylation is 1. The molecule has 0 fully saturated rings. The van der Waals surface area contributed by atoms with Crippen molar-refractivity contribution >= 4 is 5.82 Å². The second kappa shape index (κ2) is 3.91. The molecule has 2 aromatic rings. The minimum atomic E-state index is 0.766. The first-order valence-electron chi connectivity index (χ1n) is 4.46. The Morgan fingerprint density at radius 1 is 1.43 bits per heavy atom. The molecule has 2 aromatic heterocycles. The van der Waals surface area contributed by atoms with Crippen molar-refractivity contribution in [2.75, 3.05) is 5.32 Å². The Bertz CT molecular complexity index is 394. The second-order valence-corrected chi connectivity index (χ2v) is 3.05. The van der Waals surface area contributed by atoms with Crippen LogP contribution < -0.4 is 5.32 Å². The smallest absolute Gasteiger partial charge is 0.144 e. The van der Waals surface area contributed by atoms with Crippen LogP contribution in [0.2, 0.25) is 0 Å². The van der Waals surface area contributed by atoms with Gasteiger partial charge in [-0.3, -0.25) is 4.98 Å². The Morgan fingerprint density at radius 2 is 2.36 bits per heavy atom. The molecule has 1 N–H and O–H groups in total. The Labute approximate surface area is 82.6 Å². The van der Waals surface area contributed by atoms with Gasteiger partial charge in [-0.2, -0.15) is 0 Å². The molecular formula is C10H12N4. The van der Waals surface area contributed by atoms with Gasteiger partial charge in [-0.15, -0.1) is 0 Å². The minimum absolute atomic E-state index is 0.766. The molecule has 0 saturated heterocycles. The summed E-state index contributed by atoms with van der Waals surface area (Å²) in [5.74, 6) is 0.800. The van der Waals surface area contributed by atoms with Gasteiger partial charge in [0, 0.05) is 31.3 Å². The number of hydrogen-bond acceptors (Lipinski definition) is 3. The standard InChI is InChI=1S/C10H12N4/c1-14-6-2-3-9(14)7-13-10-8-11-4-5-12-10/h2-6,8H,7H2,1H3,(H,12,13). The van der Waals surface area contributed by atoms with Crippen LogP contribution in [0.25, 0.3) is 0 Å². The number of anilines is 1. The first-order chi connectivity index (χ1) is 6.86. The molecule has 0 aliphatic carbocycles. The maximum atomic E-state index is 4.12. The van der Waals surface area contributed by atoms with E-state index in [0.717, 1.165) is 12.4 Å². The molecule has 2 rings (SSSR count). The van der Waals surface area contributed by atoms with Crippen LogP contribution in [0, 0.1) is 0 Å². The Hall–Kier alpha value is -1.84. The molecule has 0 aliphatic heterocycles. The molecule has 14 heavy (non-hydrogen) atoms. The number of hydrogen-bond donors (Lipinski definition) is 1. The monoisotopic (exact) mass is 188 g/mol. The van der Waals surface area contributed by atoms with Crippen molar-refractivity contribution in [3.63, 3.8) is 0 Å². The molecular weight excluding hydrogens is 176 g/mol. The molecule has 2 heterocycles. The van der Waals surface area contributed by atoms with Gasteiger partial charge in [-0.25, -0.2) is 4.98 Å². The van der Waals surface area contributed by atoms with Crippen molar-refractivity contribution in [2.24, 2.45) is 7.05 Å². The Balaban J connectivity index is 1.99. The lowest BCUT2D eigenvalue weighted by atomic mass is 10.4. The summed E-state index contributed by atoms with van der Waals surface area (Å²) in [5, 5.41) is 3.19. The zero-order valence-corrected chi connectivity index (χ0v) is 8.01. The fraction of sp³-hybridized carbons (Fsp3) is 0.200. The Morgan fingerprint density at radius 3 is 3.00 bits per heavy atom. The van der Waals surface area contributed by atoms with Gasteiger partial charge in [-0.1, -0.05) is 0 Å². The summed E-state index contributed by atoms with van der Waals surface area (Å²) < 4.78 is 2.07. The van der Waals surface area contributed by atoms with Crippen LogP contribution in [0.5, 0.6) is 0 Å². The number of nitrogens with zero attached hydrogens (tertiary/aromatic N) is 3. The van der Waals surface area contributed by atoms with Crippen molar-refractivity contribution in [2.45, 2.75) is 6.54 Å². The molecule has 0 bridgehead atoms. The quantitative estimate of drug-likeness (QED) is 0.792. The highest BCUT2D eigenvalue weighted by molar-refractivity contribution is 5.30. The molecule has 0 amide bonds. The summed E-state index contributed by atoms with van der Waals surface area (Å²) >= 11 is 0. The summed E-state index contributed by atoms with van der Waals surface area (Å²) in [6, 6.07) is 4.09. The Kier molecular flexibility index (Phi) is 2.44. The molecule has 0 aliphatic rings. The van der Waals surface area contributed by atoms with Crippen LogP contribution in [0.3, 0.4) is 0 Å². The van der Waals surface area contributed by atoms with Gasteiger partial charge < -0.3 is 9.88 Å². The van der Waals surface area contributed by atoms with E-state index in [0.29, 0.717) is 0 Å². The lowest BCUT2D eigenvalue weighted by molar-refractivity contribution is 0.839. The highest BCUT2D eigenvalue weighted by Gasteiger charge is 1.96. The highest BCUT2D eigenvalue weighted by Crippen LogP contribution is 2.03. The molecule has 0 saturated carbocycles. The van der Waals surface area contributed by atoms with E-state index in [2.05, 4.69) is 25.9 Å². The molecule has 0 radical (unpaired) electrons. The average Bonchev–Trinajstić information content (AvgIpc) is 2.63. The molecule has 4 nitrogen and oxygen atoms in total. The lowest BCUT2D eigenvalue weighted by Crippen LogP contribution is -2.05. The van der Waals surface area contributed by atoms with E-state index >= 15 is 0 Å². The average molecular weight is 188 g/mol. The normalized spacial score (nSPS) is 10.1. The van der Waals surface area contributed by atoms with E-state index in [1.807, 2.05) is 19.3 Å². The van der Waals surface area contributed by atoms with E-state index in [1.165, 1.54) is 5.69 Å². The van der Waals surface area contributed by atoms with Gasteiger partial charge in [0.25, 0.3) is 0 Å². The topological polar surface area (TPSA) is 42.7 Å². The number of nitrogens with one attached hydrogen (secondary N) is 1. The van der Waals surface area contributed by atoms with Gasteiger partial charge in [0.1, 0.15) is 5.82 Å². The fourth-order valence-corrected chi connectivity index (χ4v) is 1.25. The summed E-state index contributed by atoms with van der Waals surface area (Å²) in [7, 11) is 2.02. The zero-order valence-electron chi connectivity index (χ0n) is 8.01. The molecule has 0 atom stereocenters. The first kappa shape index (κ1) is 8.74. The van der Waals surface area contributed by atoms with Crippen molar-refractivity contribution in [3.05, 3.63) is 42.6 Å². The van der Waals surface area contributed by atoms with Crippen molar-refractivity contribution in [1.29, 1.82) is 0 Å². The molecule has 0 spiro atoms. The summed E-state index contributed by atoms with van der Waals surface area (Å²) in [6.07, 6.45) is 7.07. The van der Waals surface area contributed by atoms with Gasteiger partial charge in [0.05, 0.1) is 12.7 Å². The van der Waals surface area contributed by atoms with Gasteiger partial charge >= 0.3 is 0 Å². The van der Waals surface area contributed by atoms with Crippen molar-refractivity contribution in [3.8, 4) is 0 Å². The zero-order chi connectivity index (χ0) is 9.80. The maximum absolute atomic E-state index is 4.12. The fourth-order valence-electron chi connectivity index (χ4n) is 1.25. The van der Waals surface area contributed by atoms with E-state index in [9.17, 15) is 0 Å². The largest absolute Gasteiger partial charge is 0.363 e. The van der Waals surface area contributed by atoms with Crippen molar-refractivity contribution in [1.82, 2.24) is 14.5 Å². The van der Waals surface area contributed by atoms with E-state index in [4.69, 9.17) is 0 Å². The van der Waals surface area contributed by atoms with Gasteiger partial charge in [0.2, 0.25) is 0 Å². The maximum Gasteiger partial charge on any atom is 0.144 e. The van der Waals surface area contributed by atoms with E-state index in [-0.39, 0.29) is 0 Å². The summed E-state index contributed by atoms with van der Waals surface area (Å²) in [5.41, 5.74) is 1.22. The van der Waals surface area contributed by atoms with Crippen LogP contribution in [0.4, 0.5) is 5.82 Å². The minimum Gasteiger partial charge on any atom is -0.363 e. The van der Waals surface area contributed by atoms with E-state index < -0.39 is 0 Å². The van der Waals surface area contributed by atoms with Crippen LogP contribution in [-0.4, -0.2) is 14.5 Å². The third-order valence-corrected chi connectivity index (χ3v) is 2.07. The van der Waals surface area contributed by atoms with Gasteiger partial charge in [-0.05, 0) is 12.1 Å². The molecule has 0 unspecified atom stereocenters.